The first-order chi connectivity index (χ1) is 10.1. The monoisotopic (exact) mass is 286 g/mol. The summed E-state index contributed by atoms with van der Waals surface area (Å²) in [6.45, 7) is 11.4. The number of nitrogens with one attached hydrogen (secondary N) is 1. The van der Waals surface area contributed by atoms with Crippen molar-refractivity contribution >= 4 is 0 Å². The van der Waals surface area contributed by atoms with Crippen LogP contribution in [-0.4, -0.2) is 30.1 Å². The molecular weight excluding hydrogens is 256 g/mol. The maximum absolute atomic E-state index is 3.65. The highest BCUT2D eigenvalue weighted by atomic mass is 15.3. The van der Waals surface area contributed by atoms with Gasteiger partial charge in [-0.2, -0.15) is 0 Å². The smallest absolute Gasteiger partial charge is 0.0338 e. The molecule has 116 valence electrons. The fourth-order valence-electron chi connectivity index (χ4n) is 4.23. The standard InChI is InChI=1S/C19H30N2/c1-15-11-17(3)18(12-16(15)2)13-21-10-9-20-14-19(21)7-5-4-6-8-19/h11-12,20H,4-10,13-14H2,1-3H3. The van der Waals surface area contributed by atoms with Crippen molar-refractivity contribution in [2.24, 2.45) is 0 Å². The Bertz CT molecular complexity index is 492. The van der Waals surface area contributed by atoms with Gasteiger partial charge in [0.15, 0.2) is 0 Å². The molecule has 1 saturated carbocycles. The van der Waals surface area contributed by atoms with E-state index < -0.39 is 0 Å². The molecule has 1 N–H and O–H groups in total. The molecule has 1 aliphatic heterocycles. The zero-order valence-corrected chi connectivity index (χ0v) is 14.0. The lowest BCUT2D eigenvalue weighted by Gasteiger charge is -2.50. The number of benzene rings is 1. The molecule has 1 spiro atoms. The van der Waals surface area contributed by atoms with Gasteiger partial charge in [0.05, 0.1) is 0 Å². The van der Waals surface area contributed by atoms with Gasteiger partial charge in [-0.05, 0) is 55.9 Å². The third kappa shape index (κ3) is 3.02. The van der Waals surface area contributed by atoms with Crippen LogP contribution in [0.3, 0.4) is 0 Å². The number of hydrogen-bond donors (Lipinski definition) is 1. The molecule has 1 saturated heterocycles. The number of piperazine rings is 1. The average Bonchev–Trinajstić information content (AvgIpc) is 2.48. The normalized spacial score (nSPS) is 22.6. The SMILES string of the molecule is Cc1cc(C)c(CN2CCNCC23CCCCC3)cc1C. The van der Waals surface area contributed by atoms with Gasteiger partial charge in [0, 0.05) is 31.7 Å². The molecule has 2 nitrogen and oxygen atoms in total. The van der Waals surface area contributed by atoms with Crippen LogP contribution in [-0.2, 0) is 6.54 Å². The summed E-state index contributed by atoms with van der Waals surface area (Å²) in [4.78, 5) is 2.79. The van der Waals surface area contributed by atoms with E-state index in [-0.39, 0.29) is 0 Å². The van der Waals surface area contributed by atoms with Gasteiger partial charge in [-0.15, -0.1) is 0 Å². The summed E-state index contributed by atoms with van der Waals surface area (Å²) in [5.41, 5.74) is 6.28. The predicted octanol–water partition coefficient (Wildman–Crippen LogP) is 3.72. The van der Waals surface area contributed by atoms with E-state index in [1.807, 2.05) is 0 Å². The molecule has 0 atom stereocenters. The molecule has 0 bridgehead atoms. The maximum Gasteiger partial charge on any atom is 0.0338 e. The van der Waals surface area contributed by atoms with Crippen molar-refractivity contribution < 1.29 is 0 Å². The van der Waals surface area contributed by atoms with Gasteiger partial charge in [-0.1, -0.05) is 31.4 Å². The van der Waals surface area contributed by atoms with Crippen molar-refractivity contribution in [3.8, 4) is 0 Å². The summed E-state index contributed by atoms with van der Waals surface area (Å²) < 4.78 is 0. The second-order valence-electron chi connectivity index (χ2n) is 7.25. The van der Waals surface area contributed by atoms with Crippen LogP contribution in [0.25, 0.3) is 0 Å². The second-order valence-corrected chi connectivity index (χ2v) is 7.25. The number of aryl methyl sites for hydroxylation is 3. The Kier molecular flexibility index (Phi) is 4.37. The van der Waals surface area contributed by atoms with E-state index in [4.69, 9.17) is 0 Å². The van der Waals surface area contributed by atoms with Crippen LogP contribution in [0.5, 0.6) is 0 Å². The van der Waals surface area contributed by atoms with Crippen molar-refractivity contribution in [3.63, 3.8) is 0 Å². The molecule has 21 heavy (non-hydrogen) atoms. The maximum atomic E-state index is 3.65. The molecule has 1 heterocycles. The van der Waals surface area contributed by atoms with E-state index in [2.05, 4.69) is 43.1 Å². The molecule has 0 aromatic heterocycles. The van der Waals surface area contributed by atoms with Crippen molar-refractivity contribution in [2.45, 2.75) is 65.0 Å². The van der Waals surface area contributed by atoms with Gasteiger partial charge in [0.2, 0.25) is 0 Å². The lowest BCUT2D eigenvalue weighted by molar-refractivity contribution is 0.0207. The molecule has 2 heteroatoms. The van der Waals surface area contributed by atoms with E-state index in [1.54, 1.807) is 0 Å². The average molecular weight is 286 g/mol. The van der Waals surface area contributed by atoms with Crippen molar-refractivity contribution in [1.29, 1.82) is 0 Å². The van der Waals surface area contributed by atoms with Crippen LogP contribution in [0.15, 0.2) is 12.1 Å². The van der Waals surface area contributed by atoms with E-state index >= 15 is 0 Å². The summed E-state index contributed by atoms with van der Waals surface area (Å²) in [6.07, 6.45) is 7.00. The molecule has 2 fully saturated rings. The first-order valence-electron chi connectivity index (χ1n) is 8.63. The Balaban J connectivity index is 1.83. The fourth-order valence-corrected chi connectivity index (χ4v) is 4.23. The van der Waals surface area contributed by atoms with Crippen LogP contribution in [0.2, 0.25) is 0 Å². The van der Waals surface area contributed by atoms with E-state index in [0.717, 1.165) is 13.1 Å². The quantitative estimate of drug-likeness (QED) is 0.891. The zero-order valence-electron chi connectivity index (χ0n) is 14.0. The van der Waals surface area contributed by atoms with Crippen LogP contribution < -0.4 is 5.32 Å². The molecular formula is C19H30N2. The van der Waals surface area contributed by atoms with Gasteiger partial charge in [0.25, 0.3) is 0 Å². The Labute approximate surface area is 129 Å². The molecule has 1 aromatic carbocycles. The molecule has 1 aliphatic carbocycles. The fraction of sp³-hybridized carbons (Fsp3) is 0.684. The lowest BCUT2D eigenvalue weighted by Crippen LogP contribution is -2.61. The minimum absolute atomic E-state index is 0.432. The summed E-state index contributed by atoms with van der Waals surface area (Å²) in [7, 11) is 0. The van der Waals surface area contributed by atoms with Crippen molar-refractivity contribution in [3.05, 3.63) is 34.4 Å². The van der Waals surface area contributed by atoms with E-state index in [0.29, 0.717) is 5.54 Å². The topological polar surface area (TPSA) is 15.3 Å². The van der Waals surface area contributed by atoms with Gasteiger partial charge >= 0.3 is 0 Å². The zero-order chi connectivity index (χ0) is 14.9. The van der Waals surface area contributed by atoms with Gasteiger partial charge in [-0.3, -0.25) is 4.90 Å². The minimum atomic E-state index is 0.432. The van der Waals surface area contributed by atoms with Crippen LogP contribution in [0, 0.1) is 20.8 Å². The Morgan fingerprint density at radius 3 is 2.48 bits per heavy atom. The number of hydrogen-bond acceptors (Lipinski definition) is 2. The van der Waals surface area contributed by atoms with Gasteiger partial charge < -0.3 is 5.32 Å². The van der Waals surface area contributed by atoms with E-state index in [1.165, 1.54) is 67.4 Å². The second kappa shape index (κ2) is 6.10. The molecule has 0 radical (unpaired) electrons. The molecule has 0 amide bonds. The molecule has 2 aliphatic rings. The molecule has 3 rings (SSSR count). The van der Waals surface area contributed by atoms with Crippen molar-refractivity contribution in [1.82, 2.24) is 10.2 Å². The highest BCUT2D eigenvalue weighted by Gasteiger charge is 2.39. The first-order valence-corrected chi connectivity index (χ1v) is 8.63. The van der Waals surface area contributed by atoms with Gasteiger partial charge in [-0.25, -0.2) is 0 Å². The van der Waals surface area contributed by atoms with Crippen LogP contribution in [0.1, 0.15) is 54.4 Å². The highest BCUT2D eigenvalue weighted by molar-refractivity contribution is 5.36. The largest absolute Gasteiger partial charge is 0.314 e. The molecule has 1 aromatic rings. The Morgan fingerprint density at radius 2 is 1.71 bits per heavy atom. The first kappa shape index (κ1) is 15.1. The number of rotatable bonds is 2. The minimum Gasteiger partial charge on any atom is -0.314 e. The van der Waals surface area contributed by atoms with Crippen LogP contribution in [0.4, 0.5) is 0 Å². The highest BCUT2D eigenvalue weighted by Crippen LogP contribution is 2.36. The third-order valence-electron chi connectivity index (χ3n) is 5.78. The summed E-state index contributed by atoms with van der Waals surface area (Å²) >= 11 is 0. The van der Waals surface area contributed by atoms with Crippen molar-refractivity contribution in [2.75, 3.05) is 19.6 Å². The Hall–Kier alpha value is -0.860. The third-order valence-corrected chi connectivity index (χ3v) is 5.78. The summed E-state index contributed by atoms with van der Waals surface area (Å²) in [6, 6.07) is 4.78. The Morgan fingerprint density at radius 1 is 1.00 bits per heavy atom. The van der Waals surface area contributed by atoms with E-state index in [9.17, 15) is 0 Å². The number of nitrogens with zero attached hydrogens (tertiary/aromatic N) is 1. The predicted molar refractivity (Wildman–Crippen MR) is 89.7 cm³/mol. The van der Waals surface area contributed by atoms with Crippen LogP contribution >= 0.6 is 0 Å². The van der Waals surface area contributed by atoms with Gasteiger partial charge in [0.1, 0.15) is 0 Å². The summed E-state index contributed by atoms with van der Waals surface area (Å²) in [5.74, 6) is 0. The summed E-state index contributed by atoms with van der Waals surface area (Å²) in [5, 5.41) is 3.65. The lowest BCUT2D eigenvalue weighted by atomic mass is 9.78. The molecule has 0 unspecified atom stereocenters.